The van der Waals surface area contributed by atoms with Gasteiger partial charge in [0, 0.05) is 5.56 Å². The number of alkyl halides is 2. The predicted octanol–water partition coefficient (Wildman–Crippen LogP) is 8.63. The lowest BCUT2D eigenvalue weighted by Crippen LogP contribution is -2.37. The number of hydrogen-bond donors (Lipinski definition) is 0. The van der Waals surface area contributed by atoms with Crippen LogP contribution in [0.15, 0.2) is 54.6 Å². The van der Waals surface area contributed by atoms with Gasteiger partial charge >= 0.3 is 6.11 Å². The summed E-state index contributed by atoms with van der Waals surface area (Å²) in [6, 6.07) is 13.0. The minimum atomic E-state index is -3.44. The maximum atomic E-state index is 14.7. The topological polar surface area (TPSA) is 18.5 Å². The highest BCUT2D eigenvalue weighted by atomic mass is 19.3. The molecular weight excluding hydrogens is 463 g/mol. The van der Waals surface area contributed by atoms with Gasteiger partial charge in [-0.05, 0) is 66.6 Å². The number of hydrogen-bond acceptors (Lipinski definition) is 2. The van der Waals surface area contributed by atoms with E-state index in [4.69, 9.17) is 9.47 Å². The maximum absolute atomic E-state index is 14.7. The molecule has 0 saturated heterocycles. The van der Waals surface area contributed by atoms with Gasteiger partial charge in [-0.25, -0.2) is 8.78 Å². The molecular formula is C28H27F5O2. The summed E-state index contributed by atoms with van der Waals surface area (Å²) in [6.07, 6.45) is -1.35. The molecule has 186 valence electrons. The summed E-state index contributed by atoms with van der Waals surface area (Å²) >= 11 is 0. The average molecular weight is 491 g/mol. The second-order valence-corrected chi connectivity index (χ2v) is 9.02. The molecule has 1 aliphatic rings. The normalized spacial score (nSPS) is 18.4. The predicted molar refractivity (Wildman–Crippen MR) is 125 cm³/mol. The van der Waals surface area contributed by atoms with Crippen molar-refractivity contribution in [1.82, 2.24) is 0 Å². The Kier molecular flexibility index (Phi) is 7.33. The molecule has 4 rings (SSSR count). The summed E-state index contributed by atoms with van der Waals surface area (Å²) in [5.74, 6) is -4.16. The Balaban J connectivity index is 1.51. The molecule has 3 aromatic rings. The minimum absolute atomic E-state index is 0.0618. The molecule has 0 unspecified atom stereocenters. The first-order valence-corrected chi connectivity index (χ1v) is 11.8. The first-order valence-electron chi connectivity index (χ1n) is 11.8. The summed E-state index contributed by atoms with van der Waals surface area (Å²) in [4.78, 5) is 0. The van der Waals surface area contributed by atoms with Gasteiger partial charge in [0.05, 0.1) is 12.5 Å². The van der Waals surface area contributed by atoms with Crippen molar-refractivity contribution in [3.05, 3.63) is 72.0 Å². The van der Waals surface area contributed by atoms with E-state index in [0.29, 0.717) is 48.3 Å². The highest BCUT2D eigenvalue weighted by Crippen LogP contribution is 2.41. The van der Waals surface area contributed by atoms with Crippen LogP contribution in [0.4, 0.5) is 22.0 Å². The summed E-state index contributed by atoms with van der Waals surface area (Å²) in [6.45, 7) is 3.92. The fourth-order valence-electron chi connectivity index (χ4n) is 4.45. The van der Waals surface area contributed by atoms with E-state index in [1.165, 1.54) is 24.3 Å². The van der Waals surface area contributed by atoms with E-state index >= 15 is 0 Å². The third kappa shape index (κ3) is 5.44. The molecule has 0 radical (unpaired) electrons. The van der Waals surface area contributed by atoms with Crippen molar-refractivity contribution in [2.45, 2.75) is 45.6 Å². The molecule has 1 saturated carbocycles. The molecule has 0 N–H and O–H groups in total. The van der Waals surface area contributed by atoms with Crippen molar-refractivity contribution in [2.24, 2.45) is 11.8 Å². The van der Waals surface area contributed by atoms with Gasteiger partial charge < -0.3 is 9.47 Å². The molecule has 0 atom stereocenters. The van der Waals surface area contributed by atoms with Crippen molar-refractivity contribution in [2.75, 3.05) is 6.61 Å². The highest BCUT2D eigenvalue weighted by Gasteiger charge is 2.44. The van der Waals surface area contributed by atoms with Crippen molar-refractivity contribution in [3.8, 4) is 33.8 Å². The zero-order valence-corrected chi connectivity index (χ0v) is 19.6. The molecule has 0 aliphatic heterocycles. The quantitative estimate of drug-likeness (QED) is 0.309. The molecule has 7 heteroatoms. The molecule has 3 aromatic carbocycles. The Hall–Kier alpha value is -3.09. The summed E-state index contributed by atoms with van der Waals surface area (Å²) < 4.78 is 82.5. The molecule has 1 aliphatic carbocycles. The van der Waals surface area contributed by atoms with Gasteiger partial charge in [-0.1, -0.05) is 50.1 Å². The third-order valence-corrected chi connectivity index (χ3v) is 6.55. The monoisotopic (exact) mass is 490 g/mol. The van der Waals surface area contributed by atoms with Gasteiger partial charge in [0.1, 0.15) is 0 Å². The van der Waals surface area contributed by atoms with Gasteiger partial charge in [-0.2, -0.15) is 13.2 Å². The van der Waals surface area contributed by atoms with Gasteiger partial charge in [-0.15, -0.1) is 0 Å². The van der Waals surface area contributed by atoms with Crippen molar-refractivity contribution >= 4 is 0 Å². The van der Waals surface area contributed by atoms with Gasteiger partial charge in [0.15, 0.2) is 23.1 Å². The molecule has 0 heterocycles. The minimum Gasteiger partial charge on any atom is -0.491 e. The molecule has 0 bridgehead atoms. The smallest absolute Gasteiger partial charge is 0.400 e. The Morgan fingerprint density at radius 2 is 1.37 bits per heavy atom. The molecule has 0 amide bonds. The highest BCUT2D eigenvalue weighted by molar-refractivity contribution is 5.71. The summed E-state index contributed by atoms with van der Waals surface area (Å²) in [5.41, 5.74) is 1.51. The Labute approximate surface area is 201 Å². The summed E-state index contributed by atoms with van der Waals surface area (Å²) in [5, 5.41) is 0. The number of halogens is 5. The second-order valence-electron chi connectivity index (χ2n) is 9.02. The van der Waals surface area contributed by atoms with E-state index in [2.05, 4.69) is 0 Å². The van der Waals surface area contributed by atoms with Crippen molar-refractivity contribution < 1.29 is 31.4 Å². The second kappa shape index (κ2) is 10.3. The fourth-order valence-corrected chi connectivity index (χ4v) is 4.45. The Morgan fingerprint density at radius 1 is 0.771 bits per heavy atom. The van der Waals surface area contributed by atoms with E-state index in [1.807, 2.05) is 6.92 Å². The first-order chi connectivity index (χ1) is 16.7. The molecule has 35 heavy (non-hydrogen) atoms. The number of rotatable bonds is 7. The van der Waals surface area contributed by atoms with E-state index in [-0.39, 0.29) is 17.9 Å². The zero-order chi connectivity index (χ0) is 25.2. The van der Waals surface area contributed by atoms with E-state index < -0.39 is 35.2 Å². The number of ether oxygens (including phenoxy) is 2. The van der Waals surface area contributed by atoms with Crippen LogP contribution in [0.3, 0.4) is 0 Å². The lowest BCUT2D eigenvalue weighted by atomic mass is 9.82. The molecule has 2 nitrogen and oxygen atoms in total. The van der Waals surface area contributed by atoms with Crippen molar-refractivity contribution in [3.63, 3.8) is 0 Å². The van der Waals surface area contributed by atoms with Gasteiger partial charge in [0.2, 0.25) is 5.82 Å². The van der Waals surface area contributed by atoms with Crippen LogP contribution >= 0.6 is 0 Å². The van der Waals surface area contributed by atoms with E-state index in [1.54, 1.807) is 31.2 Å². The lowest BCUT2D eigenvalue weighted by Gasteiger charge is -2.32. The SMILES string of the molecule is CCOc1ccc(-c2ccc(-c3ccc(OC(F)(F)C4CCC(C)CC4)c(F)c3)cc2)c(F)c1F. The first kappa shape index (κ1) is 25.0. The maximum Gasteiger partial charge on any atom is 0.400 e. The fraction of sp³-hybridized carbons (Fsp3) is 0.357. The van der Waals surface area contributed by atoms with Crippen LogP contribution in [-0.4, -0.2) is 12.7 Å². The van der Waals surface area contributed by atoms with Gasteiger partial charge in [0.25, 0.3) is 0 Å². The van der Waals surface area contributed by atoms with Crippen LogP contribution in [0.2, 0.25) is 0 Å². The van der Waals surface area contributed by atoms with Crippen LogP contribution in [0.5, 0.6) is 11.5 Å². The van der Waals surface area contributed by atoms with Crippen LogP contribution in [0.1, 0.15) is 39.5 Å². The Morgan fingerprint density at radius 3 is 2.00 bits per heavy atom. The lowest BCUT2D eigenvalue weighted by molar-refractivity contribution is -0.224. The van der Waals surface area contributed by atoms with Crippen LogP contribution in [0, 0.1) is 29.3 Å². The van der Waals surface area contributed by atoms with Crippen LogP contribution in [-0.2, 0) is 0 Å². The molecule has 1 fully saturated rings. The van der Waals surface area contributed by atoms with E-state index in [0.717, 1.165) is 6.07 Å². The zero-order valence-electron chi connectivity index (χ0n) is 19.6. The number of benzene rings is 3. The average Bonchev–Trinajstić information content (AvgIpc) is 2.84. The van der Waals surface area contributed by atoms with Crippen LogP contribution < -0.4 is 9.47 Å². The standard InChI is InChI=1S/C28H27F5O2/c1-3-34-25-15-13-22(26(30)27(25)31)19-8-6-18(7-9-19)20-10-14-24(23(29)16-20)35-28(32,33)21-11-4-17(2)5-12-21/h6-10,13-17,21H,3-5,11-12H2,1-2H3. The van der Waals surface area contributed by atoms with Crippen LogP contribution in [0.25, 0.3) is 22.3 Å². The van der Waals surface area contributed by atoms with E-state index in [9.17, 15) is 22.0 Å². The Bertz CT molecular complexity index is 1170. The van der Waals surface area contributed by atoms with Crippen molar-refractivity contribution in [1.29, 1.82) is 0 Å². The molecule has 0 spiro atoms. The third-order valence-electron chi connectivity index (χ3n) is 6.55. The molecule has 0 aromatic heterocycles. The summed E-state index contributed by atoms with van der Waals surface area (Å²) in [7, 11) is 0. The van der Waals surface area contributed by atoms with Gasteiger partial charge in [-0.3, -0.25) is 0 Å². The largest absolute Gasteiger partial charge is 0.491 e.